The Labute approximate surface area is 112 Å². The van der Waals surface area contributed by atoms with Crippen LogP contribution in [-0.2, 0) is 0 Å². The molecule has 0 heterocycles. The van der Waals surface area contributed by atoms with Crippen molar-refractivity contribution in [3.05, 3.63) is 34.2 Å². The molecule has 1 aromatic rings. The average molecular weight is 261 g/mol. The smallest absolute Gasteiger partial charge is 0.158 e. The fourth-order valence-electron chi connectivity index (χ4n) is 2.67. The van der Waals surface area contributed by atoms with Gasteiger partial charge >= 0.3 is 0 Å². The lowest BCUT2D eigenvalue weighted by Gasteiger charge is -2.11. The second-order valence-electron chi connectivity index (χ2n) is 4.98. The van der Waals surface area contributed by atoms with Gasteiger partial charge in [0.05, 0.1) is 0 Å². The zero-order chi connectivity index (χ0) is 13.8. The number of nitroso groups, excluding NO2 is 1. The molecule has 1 aliphatic carbocycles. The Morgan fingerprint density at radius 2 is 2.11 bits per heavy atom. The van der Waals surface area contributed by atoms with Crippen LogP contribution in [0.5, 0.6) is 11.5 Å². The molecule has 4 heteroatoms. The van der Waals surface area contributed by atoms with Crippen molar-refractivity contribution in [1.29, 1.82) is 0 Å². The molecule has 0 amide bonds. The first-order chi connectivity index (χ1) is 9.17. The summed E-state index contributed by atoms with van der Waals surface area (Å²) in [5, 5.41) is 22.2. The lowest BCUT2D eigenvalue weighted by atomic mass is 9.96. The fraction of sp³-hybridized carbons (Fsp3) is 0.467. The summed E-state index contributed by atoms with van der Waals surface area (Å²) >= 11 is 0. The number of aromatic hydroxyl groups is 2. The zero-order valence-corrected chi connectivity index (χ0v) is 11.1. The third kappa shape index (κ3) is 2.78. The van der Waals surface area contributed by atoms with Gasteiger partial charge in [-0.05, 0) is 49.0 Å². The van der Waals surface area contributed by atoms with Gasteiger partial charge in [0.25, 0.3) is 0 Å². The summed E-state index contributed by atoms with van der Waals surface area (Å²) < 4.78 is 0. The van der Waals surface area contributed by atoms with E-state index in [0.717, 1.165) is 43.2 Å². The van der Waals surface area contributed by atoms with E-state index in [-0.39, 0.29) is 17.5 Å². The van der Waals surface area contributed by atoms with Crippen molar-refractivity contribution in [2.75, 3.05) is 0 Å². The highest BCUT2D eigenvalue weighted by atomic mass is 16.3. The van der Waals surface area contributed by atoms with Gasteiger partial charge in [0.1, 0.15) is 6.04 Å². The van der Waals surface area contributed by atoms with Crippen molar-refractivity contribution in [2.24, 2.45) is 5.18 Å². The van der Waals surface area contributed by atoms with E-state index in [9.17, 15) is 15.1 Å². The van der Waals surface area contributed by atoms with Crippen LogP contribution in [0, 0.1) is 4.91 Å². The van der Waals surface area contributed by atoms with Gasteiger partial charge in [0.15, 0.2) is 11.5 Å². The lowest BCUT2D eigenvalue weighted by molar-refractivity contribution is 0.403. The minimum Gasteiger partial charge on any atom is -0.504 e. The van der Waals surface area contributed by atoms with Gasteiger partial charge in [-0.1, -0.05) is 30.2 Å². The second-order valence-corrected chi connectivity index (χ2v) is 4.98. The zero-order valence-electron chi connectivity index (χ0n) is 11.1. The minimum absolute atomic E-state index is 0.145. The van der Waals surface area contributed by atoms with E-state index in [1.165, 1.54) is 17.7 Å². The minimum atomic E-state index is -0.323. The number of rotatable bonds is 5. The molecule has 1 atom stereocenters. The first kappa shape index (κ1) is 13.6. The Morgan fingerprint density at radius 1 is 1.32 bits per heavy atom. The van der Waals surface area contributed by atoms with Crippen molar-refractivity contribution in [3.63, 3.8) is 0 Å². The fourth-order valence-corrected chi connectivity index (χ4v) is 2.67. The summed E-state index contributed by atoms with van der Waals surface area (Å²) in [6.07, 6.45) is 4.82. The van der Waals surface area contributed by atoms with E-state index < -0.39 is 0 Å². The quantitative estimate of drug-likeness (QED) is 0.622. The number of benzene rings is 1. The van der Waals surface area contributed by atoms with Gasteiger partial charge in [0, 0.05) is 0 Å². The van der Waals surface area contributed by atoms with Crippen molar-refractivity contribution >= 4 is 5.57 Å². The molecule has 102 valence electrons. The first-order valence-electron chi connectivity index (χ1n) is 6.74. The van der Waals surface area contributed by atoms with Crippen LogP contribution in [0.1, 0.15) is 44.6 Å². The summed E-state index contributed by atoms with van der Waals surface area (Å²) in [4.78, 5) is 11.0. The van der Waals surface area contributed by atoms with Gasteiger partial charge in [-0.2, -0.15) is 4.91 Å². The van der Waals surface area contributed by atoms with Crippen molar-refractivity contribution in [2.45, 2.75) is 45.1 Å². The molecule has 19 heavy (non-hydrogen) atoms. The molecule has 0 radical (unpaired) electrons. The highest BCUT2D eigenvalue weighted by Gasteiger charge is 2.27. The van der Waals surface area contributed by atoms with Crippen molar-refractivity contribution < 1.29 is 10.2 Å². The maximum Gasteiger partial charge on any atom is 0.158 e. The number of allylic oxidation sites excluding steroid dienone is 1. The molecule has 1 aromatic carbocycles. The van der Waals surface area contributed by atoms with Gasteiger partial charge in [-0.15, -0.1) is 0 Å². The standard InChI is InChI=1S/C15H19NO3/c1-2-3-4-10-5-7-12(16-19)15(10)11-6-8-13(17)14(18)9-11/h6,8-9,12,17-18H,2-5,7H2,1H3. The molecule has 1 aliphatic rings. The molecule has 0 saturated carbocycles. The molecule has 0 spiro atoms. The maximum atomic E-state index is 11.0. The summed E-state index contributed by atoms with van der Waals surface area (Å²) in [6.45, 7) is 2.14. The third-order valence-corrected chi connectivity index (χ3v) is 3.68. The monoisotopic (exact) mass is 261 g/mol. The molecule has 2 rings (SSSR count). The van der Waals surface area contributed by atoms with Crippen LogP contribution in [0.3, 0.4) is 0 Å². The van der Waals surface area contributed by atoms with Crippen LogP contribution in [0.4, 0.5) is 0 Å². The van der Waals surface area contributed by atoms with Crippen LogP contribution in [0.2, 0.25) is 0 Å². The van der Waals surface area contributed by atoms with E-state index in [4.69, 9.17) is 0 Å². The predicted molar refractivity (Wildman–Crippen MR) is 75.0 cm³/mol. The molecule has 0 saturated heterocycles. The number of unbranched alkanes of at least 4 members (excludes halogenated alkanes) is 1. The summed E-state index contributed by atoms with van der Waals surface area (Å²) in [6, 6.07) is 4.38. The highest BCUT2D eigenvalue weighted by molar-refractivity contribution is 5.76. The topological polar surface area (TPSA) is 69.9 Å². The van der Waals surface area contributed by atoms with Crippen LogP contribution in [0.15, 0.2) is 28.9 Å². The van der Waals surface area contributed by atoms with Crippen LogP contribution < -0.4 is 0 Å². The van der Waals surface area contributed by atoms with E-state index in [0.29, 0.717) is 0 Å². The van der Waals surface area contributed by atoms with E-state index in [2.05, 4.69) is 12.1 Å². The van der Waals surface area contributed by atoms with E-state index >= 15 is 0 Å². The normalized spacial score (nSPS) is 18.9. The third-order valence-electron chi connectivity index (χ3n) is 3.68. The largest absolute Gasteiger partial charge is 0.504 e. The molecule has 1 unspecified atom stereocenters. The number of hydrogen-bond donors (Lipinski definition) is 2. The van der Waals surface area contributed by atoms with Crippen LogP contribution in [0.25, 0.3) is 5.57 Å². The SMILES string of the molecule is CCCCC1=C(c2ccc(O)c(O)c2)C(N=O)CC1. The summed E-state index contributed by atoms with van der Waals surface area (Å²) in [5.41, 5.74) is 3.00. The number of hydrogen-bond acceptors (Lipinski definition) is 4. The van der Waals surface area contributed by atoms with Crippen molar-refractivity contribution in [1.82, 2.24) is 0 Å². The number of nitrogens with zero attached hydrogens (tertiary/aromatic N) is 1. The molecule has 0 fully saturated rings. The Morgan fingerprint density at radius 3 is 2.74 bits per heavy atom. The van der Waals surface area contributed by atoms with Crippen LogP contribution >= 0.6 is 0 Å². The van der Waals surface area contributed by atoms with Gasteiger partial charge in [0.2, 0.25) is 0 Å². The molecule has 0 aromatic heterocycles. The highest BCUT2D eigenvalue weighted by Crippen LogP contribution is 2.40. The van der Waals surface area contributed by atoms with Crippen LogP contribution in [-0.4, -0.2) is 16.3 Å². The van der Waals surface area contributed by atoms with Gasteiger partial charge in [-0.25, -0.2) is 0 Å². The Kier molecular flexibility index (Phi) is 4.20. The maximum absolute atomic E-state index is 11.0. The number of phenolic OH excluding ortho intramolecular Hbond substituents is 2. The lowest BCUT2D eigenvalue weighted by Crippen LogP contribution is -2.01. The van der Waals surface area contributed by atoms with Gasteiger partial charge in [-0.3, -0.25) is 0 Å². The predicted octanol–water partition coefficient (Wildman–Crippen LogP) is 3.97. The van der Waals surface area contributed by atoms with Crippen molar-refractivity contribution in [3.8, 4) is 11.5 Å². The Balaban J connectivity index is 2.39. The summed E-state index contributed by atoms with van der Waals surface area (Å²) in [7, 11) is 0. The summed E-state index contributed by atoms with van der Waals surface area (Å²) in [5.74, 6) is -0.301. The average Bonchev–Trinajstić information content (AvgIpc) is 2.82. The molecule has 0 bridgehead atoms. The number of phenols is 2. The Bertz CT molecular complexity index is 508. The molecule has 4 nitrogen and oxygen atoms in total. The molecule has 2 N–H and O–H groups in total. The molecule has 0 aliphatic heterocycles. The van der Waals surface area contributed by atoms with E-state index in [1.54, 1.807) is 6.07 Å². The first-order valence-corrected chi connectivity index (χ1v) is 6.74. The van der Waals surface area contributed by atoms with Gasteiger partial charge < -0.3 is 10.2 Å². The molecular formula is C15H19NO3. The van der Waals surface area contributed by atoms with E-state index in [1.807, 2.05) is 0 Å². The second kappa shape index (κ2) is 5.87. The Hall–Kier alpha value is -1.84. The molecular weight excluding hydrogens is 242 g/mol.